The van der Waals surface area contributed by atoms with Crippen LogP contribution in [0.4, 0.5) is 0 Å². The predicted octanol–water partition coefficient (Wildman–Crippen LogP) is 5.46. The van der Waals surface area contributed by atoms with Crippen molar-refractivity contribution in [3.8, 4) is 11.5 Å². The van der Waals surface area contributed by atoms with Crippen molar-refractivity contribution in [2.45, 2.75) is 13.2 Å². The highest BCUT2D eigenvalue weighted by molar-refractivity contribution is 6.13. The zero-order valence-electron chi connectivity index (χ0n) is 13.2. The first-order valence-corrected chi connectivity index (χ1v) is 8.17. The van der Waals surface area contributed by atoms with Gasteiger partial charge in [0, 0.05) is 10.8 Å². The molecular formula is C22H16O2. The number of fused-ring (bicyclic) bond motifs is 7. The molecule has 4 aromatic carbocycles. The van der Waals surface area contributed by atoms with E-state index in [1.807, 2.05) is 24.3 Å². The summed E-state index contributed by atoms with van der Waals surface area (Å²) in [4.78, 5) is 0. The minimum absolute atomic E-state index is 0.564. The summed E-state index contributed by atoms with van der Waals surface area (Å²) >= 11 is 0. The molecule has 0 N–H and O–H groups in total. The van der Waals surface area contributed by atoms with Gasteiger partial charge in [-0.05, 0) is 21.9 Å². The van der Waals surface area contributed by atoms with Gasteiger partial charge in [0.2, 0.25) is 0 Å². The molecule has 0 bridgehead atoms. The van der Waals surface area contributed by atoms with E-state index in [4.69, 9.17) is 9.47 Å². The molecule has 24 heavy (non-hydrogen) atoms. The molecule has 2 heteroatoms. The zero-order valence-corrected chi connectivity index (χ0v) is 13.2. The molecule has 116 valence electrons. The Morgan fingerprint density at radius 2 is 0.833 bits per heavy atom. The molecule has 1 aliphatic heterocycles. The molecule has 0 amide bonds. The lowest BCUT2D eigenvalue weighted by Gasteiger charge is -2.22. The van der Waals surface area contributed by atoms with Crippen molar-refractivity contribution in [1.29, 1.82) is 0 Å². The minimum Gasteiger partial charge on any atom is -0.484 e. The zero-order chi connectivity index (χ0) is 15.9. The fourth-order valence-corrected chi connectivity index (χ4v) is 3.50. The molecule has 0 unspecified atom stereocenters. The Hall–Kier alpha value is -3.00. The molecule has 1 aliphatic rings. The summed E-state index contributed by atoms with van der Waals surface area (Å²) < 4.78 is 12.5. The summed E-state index contributed by atoms with van der Waals surface area (Å²) in [5, 5.41) is 4.60. The average Bonchev–Trinajstić information content (AvgIpc) is 2.63. The smallest absolute Gasteiger partial charge is 0.170 e. The molecule has 0 aromatic heterocycles. The van der Waals surface area contributed by atoms with E-state index >= 15 is 0 Å². The van der Waals surface area contributed by atoms with Crippen LogP contribution in [0.5, 0.6) is 11.5 Å². The minimum atomic E-state index is 0.564. The van der Waals surface area contributed by atoms with E-state index in [1.165, 1.54) is 21.9 Å². The van der Waals surface area contributed by atoms with Crippen LogP contribution in [0.2, 0.25) is 0 Å². The van der Waals surface area contributed by atoms with Gasteiger partial charge >= 0.3 is 0 Å². The Bertz CT molecular complexity index is 980. The first-order valence-electron chi connectivity index (χ1n) is 8.17. The van der Waals surface area contributed by atoms with Gasteiger partial charge in [-0.1, -0.05) is 72.8 Å². The molecule has 0 spiro atoms. The Morgan fingerprint density at radius 3 is 1.29 bits per heavy atom. The molecule has 5 rings (SSSR count). The third-order valence-electron chi connectivity index (χ3n) is 4.70. The van der Waals surface area contributed by atoms with Crippen LogP contribution in [0.1, 0.15) is 11.1 Å². The molecule has 4 aromatic rings. The molecular weight excluding hydrogens is 296 g/mol. The van der Waals surface area contributed by atoms with Crippen molar-refractivity contribution >= 4 is 21.5 Å². The van der Waals surface area contributed by atoms with E-state index in [2.05, 4.69) is 48.5 Å². The monoisotopic (exact) mass is 312 g/mol. The van der Waals surface area contributed by atoms with Gasteiger partial charge in [0.15, 0.2) is 11.5 Å². The second-order valence-electron chi connectivity index (χ2n) is 6.10. The number of rotatable bonds is 0. The number of ether oxygens (including phenoxy) is 2. The topological polar surface area (TPSA) is 18.5 Å². The third kappa shape index (κ3) is 1.96. The summed E-state index contributed by atoms with van der Waals surface area (Å²) in [6, 6.07) is 25.0. The molecule has 0 atom stereocenters. The fourth-order valence-electron chi connectivity index (χ4n) is 3.50. The Kier molecular flexibility index (Phi) is 2.95. The number of benzene rings is 4. The number of hydrogen-bond donors (Lipinski definition) is 0. The SMILES string of the molecule is c1ccc2c(c1)COc1c(c3ccccc3c3ccccc13)OC2. The third-order valence-corrected chi connectivity index (χ3v) is 4.70. The van der Waals surface area contributed by atoms with E-state index in [9.17, 15) is 0 Å². The highest BCUT2D eigenvalue weighted by atomic mass is 16.5. The molecule has 0 saturated carbocycles. The summed E-state index contributed by atoms with van der Waals surface area (Å²) in [5.41, 5.74) is 2.36. The van der Waals surface area contributed by atoms with Crippen LogP contribution in [0.15, 0.2) is 72.8 Å². The van der Waals surface area contributed by atoms with Crippen LogP contribution in [-0.2, 0) is 13.2 Å². The van der Waals surface area contributed by atoms with E-state index < -0.39 is 0 Å². The Balaban J connectivity index is 1.81. The van der Waals surface area contributed by atoms with E-state index in [0.29, 0.717) is 13.2 Å². The van der Waals surface area contributed by atoms with E-state index in [-0.39, 0.29) is 0 Å². The normalized spacial score (nSPS) is 13.3. The van der Waals surface area contributed by atoms with Gasteiger partial charge in [-0.3, -0.25) is 0 Å². The maximum Gasteiger partial charge on any atom is 0.170 e. The van der Waals surface area contributed by atoms with Crippen molar-refractivity contribution in [1.82, 2.24) is 0 Å². The van der Waals surface area contributed by atoms with Crippen LogP contribution in [0.25, 0.3) is 21.5 Å². The fraction of sp³-hybridized carbons (Fsp3) is 0.0909. The van der Waals surface area contributed by atoms with Crippen LogP contribution in [-0.4, -0.2) is 0 Å². The maximum atomic E-state index is 6.25. The predicted molar refractivity (Wildman–Crippen MR) is 96.6 cm³/mol. The Morgan fingerprint density at radius 1 is 0.458 bits per heavy atom. The van der Waals surface area contributed by atoms with Crippen molar-refractivity contribution < 1.29 is 9.47 Å². The molecule has 0 fully saturated rings. The van der Waals surface area contributed by atoms with Crippen molar-refractivity contribution in [3.63, 3.8) is 0 Å². The molecule has 1 heterocycles. The van der Waals surface area contributed by atoms with Gasteiger partial charge < -0.3 is 9.47 Å². The second-order valence-corrected chi connectivity index (χ2v) is 6.10. The highest BCUT2D eigenvalue weighted by Gasteiger charge is 2.19. The van der Waals surface area contributed by atoms with Crippen molar-refractivity contribution in [2.75, 3.05) is 0 Å². The van der Waals surface area contributed by atoms with Gasteiger partial charge in [-0.15, -0.1) is 0 Å². The van der Waals surface area contributed by atoms with E-state index in [0.717, 1.165) is 22.3 Å². The first-order chi connectivity index (χ1) is 11.9. The summed E-state index contributed by atoms with van der Waals surface area (Å²) in [7, 11) is 0. The second kappa shape index (κ2) is 5.27. The van der Waals surface area contributed by atoms with Crippen LogP contribution >= 0.6 is 0 Å². The van der Waals surface area contributed by atoms with Crippen LogP contribution in [0, 0.1) is 0 Å². The average molecular weight is 312 g/mol. The molecule has 2 nitrogen and oxygen atoms in total. The lowest BCUT2D eigenvalue weighted by Crippen LogP contribution is -2.09. The highest BCUT2D eigenvalue weighted by Crippen LogP contribution is 2.45. The number of hydrogen-bond acceptors (Lipinski definition) is 2. The lowest BCUT2D eigenvalue weighted by molar-refractivity contribution is 0.243. The Labute approximate surface area is 140 Å². The van der Waals surface area contributed by atoms with Crippen LogP contribution in [0.3, 0.4) is 0 Å². The van der Waals surface area contributed by atoms with Gasteiger partial charge in [0.05, 0.1) is 0 Å². The van der Waals surface area contributed by atoms with Crippen molar-refractivity contribution in [2.24, 2.45) is 0 Å². The molecule has 0 radical (unpaired) electrons. The van der Waals surface area contributed by atoms with Gasteiger partial charge in [0.1, 0.15) is 13.2 Å². The summed E-state index contributed by atoms with van der Waals surface area (Å²) in [5.74, 6) is 1.69. The van der Waals surface area contributed by atoms with Crippen molar-refractivity contribution in [3.05, 3.63) is 83.9 Å². The summed E-state index contributed by atoms with van der Waals surface area (Å²) in [6.07, 6.45) is 0. The first kappa shape index (κ1) is 13.4. The quantitative estimate of drug-likeness (QED) is 0.401. The molecule has 0 saturated heterocycles. The van der Waals surface area contributed by atoms with Gasteiger partial charge in [-0.25, -0.2) is 0 Å². The largest absolute Gasteiger partial charge is 0.484 e. The lowest BCUT2D eigenvalue weighted by atomic mass is 9.99. The van der Waals surface area contributed by atoms with Gasteiger partial charge in [-0.2, -0.15) is 0 Å². The van der Waals surface area contributed by atoms with Gasteiger partial charge in [0.25, 0.3) is 0 Å². The van der Waals surface area contributed by atoms with E-state index in [1.54, 1.807) is 0 Å². The molecule has 0 aliphatic carbocycles. The summed E-state index contributed by atoms with van der Waals surface area (Å²) in [6.45, 7) is 1.13. The standard InChI is InChI=1S/C22H16O2/c1-2-8-16-14-24-22-20-12-6-4-10-18(20)17-9-3-5-11-19(17)21(22)23-13-15(16)7-1/h1-12H,13-14H2. The van der Waals surface area contributed by atoms with Crippen LogP contribution < -0.4 is 9.47 Å². The maximum absolute atomic E-state index is 6.25.